The number of rotatable bonds is 2. The molecule has 3 nitrogen and oxygen atoms in total. The molecule has 0 heterocycles. The van der Waals surface area contributed by atoms with Crippen molar-refractivity contribution in [3.63, 3.8) is 0 Å². The van der Waals surface area contributed by atoms with Crippen LogP contribution in [0.1, 0.15) is 5.56 Å². The molecule has 0 fully saturated rings. The SMILES string of the molecule is Cc1[c]c([N+](=O)[O-])cc(-c2ccccc2)c1. The molecule has 0 unspecified atom stereocenters. The summed E-state index contributed by atoms with van der Waals surface area (Å²) < 4.78 is 0. The Morgan fingerprint density at radius 3 is 2.44 bits per heavy atom. The maximum absolute atomic E-state index is 10.7. The van der Waals surface area contributed by atoms with E-state index in [9.17, 15) is 10.1 Å². The van der Waals surface area contributed by atoms with E-state index in [1.54, 1.807) is 13.0 Å². The van der Waals surface area contributed by atoms with E-state index in [1.165, 1.54) is 0 Å². The standard InChI is InChI=1S/C13H10NO2/c1-10-7-12(9-13(8-10)14(15)16)11-5-3-2-4-6-11/h2-7,9H,1H3. The van der Waals surface area contributed by atoms with Crippen LogP contribution in [-0.2, 0) is 0 Å². The fourth-order valence-corrected chi connectivity index (χ4v) is 1.59. The third-order valence-electron chi connectivity index (χ3n) is 2.29. The number of nitro groups is 1. The Bertz CT molecular complexity index is 521. The summed E-state index contributed by atoms with van der Waals surface area (Å²) in [5.74, 6) is 0. The van der Waals surface area contributed by atoms with Gasteiger partial charge in [0.05, 0.1) is 11.0 Å². The van der Waals surface area contributed by atoms with Crippen LogP contribution >= 0.6 is 0 Å². The highest BCUT2D eigenvalue weighted by atomic mass is 16.6. The van der Waals surface area contributed by atoms with E-state index in [0.717, 1.165) is 16.7 Å². The number of benzene rings is 2. The van der Waals surface area contributed by atoms with Crippen molar-refractivity contribution in [2.24, 2.45) is 0 Å². The fraction of sp³-hybridized carbons (Fsp3) is 0.0769. The van der Waals surface area contributed by atoms with Gasteiger partial charge in [-0.2, -0.15) is 0 Å². The van der Waals surface area contributed by atoms with Gasteiger partial charge in [-0.3, -0.25) is 10.1 Å². The van der Waals surface area contributed by atoms with Crippen molar-refractivity contribution >= 4 is 5.69 Å². The predicted octanol–water partition coefficient (Wildman–Crippen LogP) is 3.37. The fourth-order valence-electron chi connectivity index (χ4n) is 1.59. The molecule has 0 aromatic heterocycles. The quantitative estimate of drug-likeness (QED) is 0.565. The lowest BCUT2D eigenvalue weighted by Crippen LogP contribution is -1.90. The Kier molecular flexibility index (Phi) is 2.68. The maximum Gasteiger partial charge on any atom is 0.278 e. The summed E-state index contributed by atoms with van der Waals surface area (Å²) in [5.41, 5.74) is 2.61. The average molecular weight is 212 g/mol. The van der Waals surface area contributed by atoms with Crippen LogP contribution in [0.2, 0.25) is 0 Å². The van der Waals surface area contributed by atoms with Gasteiger partial charge in [0.15, 0.2) is 0 Å². The molecule has 0 N–H and O–H groups in total. The van der Waals surface area contributed by atoms with Gasteiger partial charge in [-0.15, -0.1) is 0 Å². The van der Waals surface area contributed by atoms with Gasteiger partial charge in [-0.05, 0) is 23.6 Å². The van der Waals surface area contributed by atoms with Crippen LogP contribution in [0.15, 0.2) is 42.5 Å². The number of non-ortho nitro benzene ring substituents is 1. The summed E-state index contributed by atoms with van der Waals surface area (Å²) in [6, 6.07) is 15.7. The van der Waals surface area contributed by atoms with Crippen molar-refractivity contribution in [3.05, 3.63) is 64.2 Å². The molecule has 0 saturated carbocycles. The Hall–Kier alpha value is -2.16. The van der Waals surface area contributed by atoms with Crippen LogP contribution in [0.5, 0.6) is 0 Å². The molecule has 16 heavy (non-hydrogen) atoms. The van der Waals surface area contributed by atoms with Crippen LogP contribution in [0.25, 0.3) is 11.1 Å². The van der Waals surface area contributed by atoms with Crippen molar-refractivity contribution in [2.45, 2.75) is 6.92 Å². The highest BCUT2D eigenvalue weighted by Gasteiger charge is 2.09. The van der Waals surface area contributed by atoms with Gasteiger partial charge in [-0.1, -0.05) is 36.4 Å². The smallest absolute Gasteiger partial charge is 0.258 e. The maximum atomic E-state index is 10.7. The third kappa shape index (κ3) is 2.08. The first-order valence-electron chi connectivity index (χ1n) is 4.90. The topological polar surface area (TPSA) is 43.1 Å². The number of hydrogen-bond donors (Lipinski definition) is 0. The molecule has 0 aliphatic rings. The van der Waals surface area contributed by atoms with E-state index >= 15 is 0 Å². The Morgan fingerprint density at radius 1 is 1.12 bits per heavy atom. The molecular weight excluding hydrogens is 202 g/mol. The van der Waals surface area contributed by atoms with E-state index in [-0.39, 0.29) is 5.69 Å². The Balaban J connectivity index is 2.54. The van der Waals surface area contributed by atoms with Gasteiger partial charge in [0.2, 0.25) is 0 Å². The first kappa shape index (κ1) is 10.4. The zero-order chi connectivity index (χ0) is 11.5. The van der Waals surface area contributed by atoms with Crippen LogP contribution in [0.4, 0.5) is 5.69 Å². The zero-order valence-electron chi connectivity index (χ0n) is 8.81. The summed E-state index contributed by atoms with van der Waals surface area (Å²) in [7, 11) is 0. The van der Waals surface area contributed by atoms with E-state index in [0.29, 0.717) is 0 Å². The van der Waals surface area contributed by atoms with Crippen molar-refractivity contribution in [1.29, 1.82) is 0 Å². The van der Waals surface area contributed by atoms with Gasteiger partial charge in [-0.25, -0.2) is 0 Å². The second-order valence-electron chi connectivity index (χ2n) is 3.56. The van der Waals surface area contributed by atoms with Gasteiger partial charge >= 0.3 is 0 Å². The second-order valence-corrected chi connectivity index (χ2v) is 3.56. The molecule has 0 aliphatic carbocycles. The average Bonchev–Trinajstić information content (AvgIpc) is 2.29. The van der Waals surface area contributed by atoms with Crippen molar-refractivity contribution in [1.82, 2.24) is 0 Å². The van der Waals surface area contributed by atoms with E-state index in [1.807, 2.05) is 36.4 Å². The van der Waals surface area contributed by atoms with Crippen LogP contribution in [-0.4, -0.2) is 4.92 Å². The van der Waals surface area contributed by atoms with Crippen molar-refractivity contribution in [2.75, 3.05) is 0 Å². The Morgan fingerprint density at radius 2 is 1.81 bits per heavy atom. The summed E-state index contributed by atoms with van der Waals surface area (Å²) in [4.78, 5) is 10.3. The monoisotopic (exact) mass is 212 g/mol. The van der Waals surface area contributed by atoms with Crippen molar-refractivity contribution < 1.29 is 4.92 Å². The van der Waals surface area contributed by atoms with E-state index in [2.05, 4.69) is 6.07 Å². The molecule has 0 bridgehead atoms. The minimum Gasteiger partial charge on any atom is -0.258 e. The first-order chi connectivity index (χ1) is 7.66. The minimum atomic E-state index is -0.417. The molecule has 2 aromatic carbocycles. The number of hydrogen-bond acceptors (Lipinski definition) is 2. The molecular formula is C13H10NO2. The predicted molar refractivity (Wildman–Crippen MR) is 62.1 cm³/mol. The number of aryl methyl sites for hydroxylation is 1. The van der Waals surface area contributed by atoms with Gasteiger partial charge in [0, 0.05) is 6.07 Å². The van der Waals surface area contributed by atoms with Gasteiger partial charge in [0.1, 0.15) is 0 Å². The normalized spacial score (nSPS) is 10.1. The highest BCUT2D eigenvalue weighted by molar-refractivity contribution is 5.66. The van der Waals surface area contributed by atoms with Crippen LogP contribution < -0.4 is 0 Å². The summed E-state index contributed by atoms with van der Waals surface area (Å²) in [6.45, 7) is 1.80. The number of nitro benzene ring substituents is 1. The lowest BCUT2D eigenvalue weighted by molar-refractivity contribution is -0.385. The molecule has 0 saturated heterocycles. The molecule has 3 heteroatoms. The Labute approximate surface area is 93.5 Å². The summed E-state index contributed by atoms with van der Waals surface area (Å²) in [5, 5.41) is 10.7. The minimum absolute atomic E-state index is 0.0128. The molecule has 79 valence electrons. The molecule has 2 aromatic rings. The van der Waals surface area contributed by atoms with Crippen LogP contribution in [0, 0.1) is 23.1 Å². The lowest BCUT2D eigenvalue weighted by Gasteiger charge is -2.02. The summed E-state index contributed by atoms with van der Waals surface area (Å²) >= 11 is 0. The zero-order valence-corrected chi connectivity index (χ0v) is 8.81. The molecule has 0 atom stereocenters. The van der Waals surface area contributed by atoms with E-state index < -0.39 is 4.92 Å². The third-order valence-corrected chi connectivity index (χ3v) is 2.29. The first-order valence-corrected chi connectivity index (χ1v) is 4.90. The highest BCUT2D eigenvalue weighted by Crippen LogP contribution is 2.24. The van der Waals surface area contributed by atoms with E-state index in [4.69, 9.17) is 0 Å². The summed E-state index contributed by atoms with van der Waals surface area (Å²) in [6.07, 6.45) is 0. The number of nitrogens with zero attached hydrogens (tertiary/aromatic N) is 1. The molecule has 0 spiro atoms. The lowest BCUT2D eigenvalue weighted by atomic mass is 10.0. The van der Waals surface area contributed by atoms with Gasteiger partial charge < -0.3 is 0 Å². The van der Waals surface area contributed by atoms with Crippen LogP contribution in [0.3, 0.4) is 0 Å². The molecule has 2 rings (SSSR count). The van der Waals surface area contributed by atoms with Gasteiger partial charge in [0.25, 0.3) is 5.69 Å². The second kappa shape index (κ2) is 4.14. The molecule has 0 aliphatic heterocycles. The molecule has 0 amide bonds. The molecule has 1 radical (unpaired) electrons. The van der Waals surface area contributed by atoms with Crippen molar-refractivity contribution in [3.8, 4) is 11.1 Å². The largest absolute Gasteiger partial charge is 0.278 e.